The number of halogens is 1. The number of hydrogen-bond donors (Lipinski definition) is 2. The third-order valence-corrected chi connectivity index (χ3v) is 2.35. The highest BCUT2D eigenvalue weighted by Crippen LogP contribution is 2.23. The zero-order valence-electron chi connectivity index (χ0n) is 6.79. The van der Waals surface area contributed by atoms with E-state index in [-0.39, 0.29) is 0 Å². The molecule has 66 valence electrons. The second kappa shape index (κ2) is 3.32. The molecule has 3 N–H and O–H groups in total. The molecule has 0 unspecified atom stereocenters. The Morgan fingerprint density at radius 1 is 1.31 bits per heavy atom. The van der Waals surface area contributed by atoms with Gasteiger partial charge in [-0.05, 0) is 24.3 Å². The van der Waals surface area contributed by atoms with E-state index in [0.717, 1.165) is 21.1 Å². The summed E-state index contributed by atoms with van der Waals surface area (Å²) in [5.74, 6) is 5.37. The first-order chi connectivity index (χ1) is 6.31. The van der Waals surface area contributed by atoms with Crippen molar-refractivity contribution < 1.29 is 0 Å². The third-order valence-electron chi connectivity index (χ3n) is 1.86. The number of nitrogen functional groups attached to an aromatic ring is 1. The molecule has 1 aromatic carbocycles. The smallest absolute Gasteiger partial charge is 0.0724 e. The molecule has 0 fully saturated rings. The number of anilines is 1. The minimum atomic E-state index is 0.881. The molecule has 1 heterocycles. The number of rotatable bonds is 1. The molecule has 0 aliphatic rings. The van der Waals surface area contributed by atoms with E-state index in [2.05, 4.69) is 26.3 Å². The van der Waals surface area contributed by atoms with Crippen molar-refractivity contribution in [1.82, 2.24) is 4.98 Å². The fourth-order valence-corrected chi connectivity index (χ4v) is 1.61. The van der Waals surface area contributed by atoms with Crippen LogP contribution in [0.15, 0.2) is 34.9 Å². The van der Waals surface area contributed by atoms with E-state index in [1.807, 2.05) is 24.3 Å². The van der Waals surface area contributed by atoms with Crippen molar-refractivity contribution in [3.8, 4) is 0 Å². The second-order valence-electron chi connectivity index (χ2n) is 2.66. The number of aromatic nitrogens is 1. The lowest BCUT2D eigenvalue weighted by Gasteiger charge is -2.04. The van der Waals surface area contributed by atoms with Gasteiger partial charge in [-0.25, -0.2) is 0 Å². The number of hydrazine groups is 1. The van der Waals surface area contributed by atoms with Gasteiger partial charge in [0.2, 0.25) is 0 Å². The molecule has 0 atom stereocenters. The number of fused-ring (bicyclic) bond motifs is 1. The largest absolute Gasteiger partial charge is 0.323 e. The van der Waals surface area contributed by atoms with Gasteiger partial charge in [-0.3, -0.25) is 10.8 Å². The number of pyridine rings is 1. The fraction of sp³-hybridized carbons (Fsp3) is 0. The van der Waals surface area contributed by atoms with E-state index < -0.39 is 0 Å². The van der Waals surface area contributed by atoms with E-state index >= 15 is 0 Å². The monoisotopic (exact) mass is 237 g/mol. The summed E-state index contributed by atoms with van der Waals surface area (Å²) in [4.78, 5) is 4.21. The van der Waals surface area contributed by atoms with Crippen molar-refractivity contribution in [1.29, 1.82) is 0 Å². The molecule has 0 bridgehead atoms. The van der Waals surface area contributed by atoms with Crippen LogP contribution in [0.4, 0.5) is 5.69 Å². The van der Waals surface area contributed by atoms with Crippen molar-refractivity contribution in [2.24, 2.45) is 5.84 Å². The van der Waals surface area contributed by atoms with Gasteiger partial charge in [0, 0.05) is 16.1 Å². The van der Waals surface area contributed by atoms with Crippen molar-refractivity contribution in [3.05, 3.63) is 34.9 Å². The van der Waals surface area contributed by atoms with E-state index in [1.54, 1.807) is 6.20 Å². The highest BCUT2D eigenvalue weighted by atomic mass is 79.9. The Morgan fingerprint density at radius 2 is 2.15 bits per heavy atom. The van der Waals surface area contributed by atoms with Gasteiger partial charge in [0.05, 0.1) is 11.2 Å². The predicted octanol–water partition coefficient (Wildman–Crippen LogP) is 2.28. The highest BCUT2D eigenvalue weighted by molar-refractivity contribution is 9.10. The van der Waals surface area contributed by atoms with Gasteiger partial charge >= 0.3 is 0 Å². The Kier molecular flexibility index (Phi) is 2.16. The zero-order valence-corrected chi connectivity index (χ0v) is 8.38. The summed E-state index contributed by atoms with van der Waals surface area (Å²) < 4.78 is 1.02. The van der Waals surface area contributed by atoms with Crippen molar-refractivity contribution in [3.63, 3.8) is 0 Å². The topological polar surface area (TPSA) is 50.9 Å². The Labute approximate surface area is 84.1 Å². The van der Waals surface area contributed by atoms with Crippen LogP contribution in [0.2, 0.25) is 0 Å². The molecule has 2 aromatic rings. The van der Waals surface area contributed by atoms with Gasteiger partial charge in [0.25, 0.3) is 0 Å². The van der Waals surface area contributed by atoms with Crippen molar-refractivity contribution in [2.45, 2.75) is 0 Å². The van der Waals surface area contributed by atoms with E-state index in [1.165, 1.54) is 0 Å². The zero-order chi connectivity index (χ0) is 9.26. The number of nitrogens with one attached hydrogen (secondary N) is 1. The van der Waals surface area contributed by atoms with Gasteiger partial charge in [-0.1, -0.05) is 15.9 Å². The molecule has 2 rings (SSSR count). The summed E-state index contributed by atoms with van der Waals surface area (Å²) in [6, 6.07) is 7.72. The summed E-state index contributed by atoms with van der Waals surface area (Å²) in [7, 11) is 0. The van der Waals surface area contributed by atoms with Crippen LogP contribution in [0.3, 0.4) is 0 Å². The number of benzene rings is 1. The van der Waals surface area contributed by atoms with Crippen LogP contribution in [0.5, 0.6) is 0 Å². The van der Waals surface area contributed by atoms with Gasteiger partial charge in [-0.15, -0.1) is 0 Å². The average Bonchev–Trinajstić information content (AvgIpc) is 2.17. The number of hydrogen-bond acceptors (Lipinski definition) is 3. The Hall–Kier alpha value is -1.13. The summed E-state index contributed by atoms with van der Waals surface area (Å²) in [6.45, 7) is 0. The van der Waals surface area contributed by atoms with Crippen LogP contribution < -0.4 is 11.3 Å². The first kappa shape index (κ1) is 8.47. The van der Waals surface area contributed by atoms with Crippen LogP contribution in [0.25, 0.3) is 10.9 Å². The van der Waals surface area contributed by atoms with E-state index in [0.29, 0.717) is 0 Å². The van der Waals surface area contributed by atoms with Crippen LogP contribution in [-0.4, -0.2) is 4.98 Å². The Bertz CT molecular complexity index is 442. The molecule has 0 radical (unpaired) electrons. The molecule has 0 aliphatic heterocycles. The molecule has 0 saturated carbocycles. The van der Waals surface area contributed by atoms with E-state index in [9.17, 15) is 0 Å². The molecular formula is C9H8BrN3. The molecule has 13 heavy (non-hydrogen) atoms. The normalized spacial score (nSPS) is 10.3. The van der Waals surface area contributed by atoms with Crippen LogP contribution >= 0.6 is 15.9 Å². The van der Waals surface area contributed by atoms with Gasteiger partial charge < -0.3 is 5.43 Å². The van der Waals surface area contributed by atoms with Crippen LogP contribution in [0.1, 0.15) is 0 Å². The molecule has 0 spiro atoms. The SMILES string of the molecule is NNc1ccnc2ccc(Br)cc12. The van der Waals surface area contributed by atoms with Crippen molar-refractivity contribution in [2.75, 3.05) is 5.43 Å². The fourth-order valence-electron chi connectivity index (χ4n) is 1.24. The molecule has 3 nitrogen and oxygen atoms in total. The van der Waals surface area contributed by atoms with Gasteiger partial charge in [0.1, 0.15) is 0 Å². The quantitative estimate of drug-likeness (QED) is 0.591. The lowest BCUT2D eigenvalue weighted by atomic mass is 10.2. The van der Waals surface area contributed by atoms with Gasteiger partial charge in [0.15, 0.2) is 0 Å². The molecule has 1 aromatic heterocycles. The van der Waals surface area contributed by atoms with Crippen molar-refractivity contribution >= 4 is 32.5 Å². The maximum Gasteiger partial charge on any atom is 0.0724 e. The lowest BCUT2D eigenvalue weighted by Crippen LogP contribution is -2.07. The van der Waals surface area contributed by atoms with Crippen LogP contribution in [0, 0.1) is 0 Å². The third kappa shape index (κ3) is 1.50. The molecule has 4 heteroatoms. The number of nitrogens with two attached hydrogens (primary N) is 1. The summed E-state index contributed by atoms with van der Waals surface area (Å²) in [5.41, 5.74) is 4.45. The minimum Gasteiger partial charge on any atom is -0.323 e. The first-order valence-electron chi connectivity index (χ1n) is 3.82. The maximum absolute atomic E-state index is 5.37. The lowest BCUT2D eigenvalue weighted by molar-refractivity contribution is 1.33. The maximum atomic E-state index is 5.37. The molecular weight excluding hydrogens is 230 g/mol. The van der Waals surface area contributed by atoms with Crippen LogP contribution in [-0.2, 0) is 0 Å². The summed E-state index contributed by atoms with van der Waals surface area (Å²) in [6.07, 6.45) is 1.73. The Balaban J connectivity index is 2.79. The molecule has 0 saturated heterocycles. The minimum absolute atomic E-state index is 0.881. The highest BCUT2D eigenvalue weighted by Gasteiger charge is 1.99. The first-order valence-corrected chi connectivity index (χ1v) is 4.61. The second-order valence-corrected chi connectivity index (χ2v) is 3.58. The standard InChI is InChI=1S/C9H8BrN3/c10-6-1-2-8-7(5-6)9(13-11)3-4-12-8/h1-5H,11H2,(H,12,13). The molecule has 0 amide bonds. The van der Waals surface area contributed by atoms with E-state index in [4.69, 9.17) is 5.84 Å². The summed E-state index contributed by atoms with van der Waals surface area (Å²) in [5, 5.41) is 1.01. The van der Waals surface area contributed by atoms with Gasteiger partial charge in [-0.2, -0.15) is 0 Å². The Morgan fingerprint density at radius 3 is 2.92 bits per heavy atom. The predicted molar refractivity (Wildman–Crippen MR) is 57.3 cm³/mol. The molecule has 0 aliphatic carbocycles. The summed E-state index contributed by atoms with van der Waals surface area (Å²) >= 11 is 3.40. The average molecular weight is 238 g/mol. The number of nitrogens with zero attached hydrogens (tertiary/aromatic N) is 1.